The Hall–Kier alpha value is -7.42. The van der Waals surface area contributed by atoms with Crippen LogP contribution >= 0.6 is 0 Å². The lowest BCUT2D eigenvalue weighted by molar-refractivity contribution is 1.18. The maximum atomic E-state index is 3.36. The molecule has 0 saturated heterocycles. The molecule has 2 nitrogen and oxygen atoms in total. The minimum absolute atomic E-state index is 1.18. The number of aromatic nitrogens is 2. The minimum atomic E-state index is 1.18. The molecule has 0 fully saturated rings. The molecule has 0 atom stereocenters. The first kappa shape index (κ1) is 34.1. The lowest BCUT2D eigenvalue weighted by Gasteiger charge is -2.15. The molecule has 2 heteroatoms. The third kappa shape index (κ3) is 5.82. The van der Waals surface area contributed by atoms with Crippen molar-refractivity contribution in [3.05, 3.63) is 219 Å². The first-order chi connectivity index (χ1) is 28.2. The van der Waals surface area contributed by atoms with E-state index in [1.54, 1.807) is 6.08 Å². The number of nitrogens with zero attached hydrogens (tertiary/aromatic N) is 2. The number of hydrogen-bond donors (Lipinski definition) is 0. The van der Waals surface area contributed by atoms with E-state index >= 15 is 0 Å². The molecule has 11 aromatic rings. The van der Waals surface area contributed by atoms with Crippen molar-refractivity contribution in [1.82, 2.24) is 9.13 Å². The number of hydrogen-bond acceptors (Lipinski definition) is 0. The molecule has 11 rings (SSSR count). The molecule has 0 radical (unpaired) electrons. The molecule has 0 aliphatic rings. The zero-order valence-corrected chi connectivity index (χ0v) is 31.8. The highest BCUT2D eigenvalue weighted by molar-refractivity contribution is 6.13. The first-order valence-corrected chi connectivity index (χ1v) is 19.6. The number of para-hydroxylation sites is 4. The molecule has 57 heavy (non-hydrogen) atoms. The summed E-state index contributed by atoms with van der Waals surface area (Å²) in [4.78, 5) is 0. The molecule has 0 amide bonds. The van der Waals surface area contributed by atoms with Crippen LogP contribution < -0.4 is 0 Å². The van der Waals surface area contributed by atoms with Crippen LogP contribution in [0.5, 0.6) is 0 Å². The summed E-state index contributed by atoms with van der Waals surface area (Å²) in [5, 5.41) is 7.49. The monoisotopic (exact) mass is 728 g/mol. The predicted molar refractivity (Wildman–Crippen MR) is 245 cm³/mol. The van der Waals surface area contributed by atoms with Gasteiger partial charge in [0.25, 0.3) is 0 Å². The fourth-order valence-corrected chi connectivity index (χ4v) is 8.62. The minimum Gasteiger partial charge on any atom is -0.309 e. The van der Waals surface area contributed by atoms with Gasteiger partial charge in [0, 0.05) is 32.7 Å². The van der Waals surface area contributed by atoms with Gasteiger partial charge >= 0.3 is 0 Å². The van der Waals surface area contributed by atoms with Crippen LogP contribution in [0.3, 0.4) is 0 Å². The largest absolute Gasteiger partial charge is 0.309 e. The topological polar surface area (TPSA) is 9.86 Å². The number of allylic oxidation sites excluding steroid dienone is 1. The van der Waals surface area contributed by atoms with Gasteiger partial charge in [0.05, 0.1) is 33.4 Å². The average Bonchev–Trinajstić information content (AvgIpc) is 3.79. The SMILES string of the molecule is C=CC.c1ccc(-c2ccccc2-n2c3ccccc3c3ccc(-c4ccc5c(c4)c4ccccc4n5-c4ccccc4-c4ccc5ccccc5c4)cc32)cc1. The summed E-state index contributed by atoms with van der Waals surface area (Å²) in [6.45, 7) is 5.25. The van der Waals surface area contributed by atoms with E-state index in [1.165, 1.54) is 99.1 Å². The predicted octanol–water partition coefficient (Wildman–Crippen LogP) is 15.2. The summed E-state index contributed by atoms with van der Waals surface area (Å²) in [5.74, 6) is 0. The van der Waals surface area contributed by atoms with Gasteiger partial charge in [-0.3, -0.25) is 0 Å². The van der Waals surface area contributed by atoms with E-state index in [1.807, 2.05) is 6.92 Å². The van der Waals surface area contributed by atoms with Crippen molar-refractivity contribution in [2.45, 2.75) is 6.92 Å². The fourth-order valence-electron chi connectivity index (χ4n) is 8.62. The number of rotatable bonds is 5. The van der Waals surface area contributed by atoms with Gasteiger partial charge in [-0.25, -0.2) is 0 Å². The van der Waals surface area contributed by atoms with Gasteiger partial charge in [-0.2, -0.15) is 0 Å². The summed E-state index contributed by atoms with van der Waals surface area (Å²) >= 11 is 0. The van der Waals surface area contributed by atoms with Gasteiger partial charge in [0.1, 0.15) is 0 Å². The molecular formula is C55H40N2. The van der Waals surface area contributed by atoms with E-state index in [0.717, 1.165) is 0 Å². The fraction of sp³-hybridized carbons (Fsp3) is 0.0182. The van der Waals surface area contributed by atoms with E-state index in [9.17, 15) is 0 Å². The van der Waals surface area contributed by atoms with Gasteiger partial charge in [0.15, 0.2) is 0 Å². The van der Waals surface area contributed by atoms with Crippen LogP contribution in [0.2, 0.25) is 0 Å². The molecule has 0 aliphatic carbocycles. The Bertz CT molecular complexity index is 3270. The highest BCUT2D eigenvalue weighted by Gasteiger charge is 2.19. The van der Waals surface area contributed by atoms with Crippen molar-refractivity contribution in [3.63, 3.8) is 0 Å². The second kappa shape index (κ2) is 14.3. The Morgan fingerprint density at radius 2 is 0.807 bits per heavy atom. The van der Waals surface area contributed by atoms with Crippen molar-refractivity contribution >= 4 is 54.4 Å². The van der Waals surface area contributed by atoms with Crippen LogP contribution in [-0.4, -0.2) is 9.13 Å². The van der Waals surface area contributed by atoms with Gasteiger partial charge in [-0.15, -0.1) is 6.58 Å². The molecule has 0 unspecified atom stereocenters. The van der Waals surface area contributed by atoms with Crippen molar-refractivity contribution < 1.29 is 0 Å². The molecule has 2 heterocycles. The van der Waals surface area contributed by atoms with Crippen LogP contribution in [-0.2, 0) is 0 Å². The second-order valence-electron chi connectivity index (χ2n) is 14.5. The van der Waals surface area contributed by atoms with Crippen LogP contribution in [0.1, 0.15) is 6.92 Å². The lowest BCUT2D eigenvalue weighted by Crippen LogP contribution is -1.97. The van der Waals surface area contributed by atoms with Gasteiger partial charge in [-0.1, -0.05) is 164 Å². The van der Waals surface area contributed by atoms with Crippen LogP contribution in [0, 0.1) is 0 Å². The molecule has 0 saturated carbocycles. The van der Waals surface area contributed by atoms with Gasteiger partial charge in [0.2, 0.25) is 0 Å². The lowest BCUT2D eigenvalue weighted by atomic mass is 9.99. The quantitative estimate of drug-likeness (QED) is 0.156. The summed E-state index contributed by atoms with van der Waals surface area (Å²) in [7, 11) is 0. The normalized spacial score (nSPS) is 11.3. The maximum absolute atomic E-state index is 3.36. The Morgan fingerprint density at radius 1 is 0.333 bits per heavy atom. The molecule has 0 spiro atoms. The van der Waals surface area contributed by atoms with E-state index in [-0.39, 0.29) is 0 Å². The van der Waals surface area contributed by atoms with E-state index < -0.39 is 0 Å². The molecule has 0 bridgehead atoms. The van der Waals surface area contributed by atoms with Crippen molar-refractivity contribution in [3.8, 4) is 44.8 Å². The van der Waals surface area contributed by atoms with Crippen molar-refractivity contribution in [2.75, 3.05) is 0 Å². The molecular weight excluding hydrogens is 689 g/mol. The summed E-state index contributed by atoms with van der Waals surface area (Å²) in [6, 6.07) is 75.2. The zero-order chi connectivity index (χ0) is 38.3. The third-order valence-corrected chi connectivity index (χ3v) is 11.1. The first-order valence-electron chi connectivity index (χ1n) is 19.6. The Balaban J connectivity index is 0.00000128. The van der Waals surface area contributed by atoms with Gasteiger partial charge < -0.3 is 9.13 Å². The average molecular weight is 729 g/mol. The van der Waals surface area contributed by atoms with E-state index in [2.05, 4.69) is 222 Å². The molecule has 0 aliphatic heterocycles. The highest BCUT2D eigenvalue weighted by atomic mass is 15.0. The maximum Gasteiger partial charge on any atom is 0.0547 e. The molecule has 270 valence electrons. The Labute approximate surface area is 332 Å². The third-order valence-electron chi connectivity index (χ3n) is 11.1. The summed E-state index contributed by atoms with van der Waals surface area (Å²) < 4.78 is 4.89. The Kier molecular flexibility index (Phi) is 8.58. The van der Waals surface area contributed by atoms with Gasteiger partial charge in [-0.05, 0) is 88.5 Å². The highest BCUT2D eigenvalue weighted by Crippen LogP contribution is 2.41. The van der Waals surface area contributed by atoms with Crippen LogP contribution in [0.4, 0.5) is 0 Å². The molecule has 0 N–H and O–H groups in total. The Morgan fingerprint density at radius 3 is 1.53 bits per heavy atom. The van der Waals surface area contributed by atoms with E-state index in [4.69, 9.17) is 0 Å². The molecule has 2 aromatic heterocycles. The number of fused-ring (bicyclic) bond motifs is 7. The standard InChI is InChI=1S/C52H34N2.C3H6/c1-2-15-36(16-3-1)41-18-6-10-22-47(41)54-49-24-12-8-20-43(49)45-30-28-39(34-52(45)54)38-29-31-51-46(33-38)44-21-9-13-25-50(44)53(51)48-23-11-7-19-42(48)40-27-26-35-14-4-5-17-37(35)32-40;1-3-2/h1-34H;3H,1H2,2H3. The summed E-state index contributed by atoms with van der Waals surface area (Å²) in [5.41, 5.74) is 14.4. The molecule has 9 aromatic carbocycles. The smallest absolute Gasteiger partial charge is 0.0547 e. The van der Waals surface area contributed by atoms with Crippen molar-refractivity contribution in [2.24, 2.45) is 0 Å². The van der Waals surface area contributed by atoms with Crippen LogP contribution in [0.15, 0.2) is 219 Å². The zero-order valence-electron chi connectivity index (χ0n) is 31.8. The van der Waals surface area contributed by atoms with Crippen molar-refractivity contribution in [1.29, 1.82) is 0 Å². The van der Waals surface area contributed by atoms with E-state index in [0.29, 0.717) is 0 Å². The summed E-state index contributed by atoms with van der Waals surface area (Å²) in [6.07, 6.45) is 1.75. The number of benzene rings is 9. The second-order valence-corrected chi connectivity index (χ2v) is 14.5. The van der Waals surface area contributed by atoms with Crippen LogP contribution in [0.25, 0.3) is 99.1 Å².